The molecule has 7 heteroatoms. The third kappa shape index (κ3) is 5.45. The van der Waals surface area contributed by atoms with Crippen molar-refractivity contribution in [3.8, 4) is 5.75 Å². The smallest absolute Gasteiger partial charge is 0.319 e. The van der Waals surface area contributed by atoms with Crippen LogP contribution in [0.5, 0.6) is 5.75 Å². The van der Waals surface area contributed by atoms with E-state index in [1.165, 1.54) is 0 Å². The number of carbonyl (C=O) groups excluding carboxylic acids is 2. The predicted molar refractivity (Wildman–Crippen MR) is 139 cm³/mol. The van der Waals surface area contributed by atoms with Gasteiger partial charge in [-0.25, -0.2) is 4.79 Å². The van der Waals surface area contributed by atoms with Crippen molar-refractivity contribution in [3.05, 3.63) is 65.9 Å². The molecule has 1 atom stereocenters. The number of urea groups is 1. The molecule has 2 aromatic carbocycles. The van der Waals surface area contributed by atoms with Crippen molar-refractivity contribution < 1.29 is 14.3 Å². The summed E-state index contributed by atoms with van der Waals surface area (Å²) in [4.78, 5) is 32.8. The Labute approximate surface area is 207 Å². The van der Waals surface area contributed by atoms with Gasteiger partial charge in [0.15, 0.2) is 0 Å². The van der Waals surface area contributed by atoms with Gasteiger partial charge in [-0.3, -0.25) is 4.79 Å². The van der Waals surface area contributed by atoms with E-state index >= 15 is 0 Å². The first kappa shape index (κ1) is 24.6. The third-order valence-corrected chi connectivity index (χ3v) is 7.17. The van der Waals surface area contributed by atoms with Crippen molar-refractivity contribution in [1.82, 2.24) is 20.1 Å². The number of amides is 3. The highest BCUT2D eigenvalue weighted by Gasteiger charge is 2.29. The van der Waals surface area contributed by atoms with Gasteiger partial charge in [0, 0.05) is 61.7 Å². The molecule has 1 fully saturated rings. The Morgan fingerprint density at radius 2 is 1.77 bits per heavy atom. The molecule has 2 heterocycles. The fourth-order valence-corrected chi connectivity index (χ4v) is 5.00. The highest BCUT2D eigenvalue weighted by Crippen LogP contribution is 2.31. The lowest BCUT2D eigenvalue weighted by Crippen LogP contribution is -2.48. The molecule has 0 radical (unpaired) electrons. The molecule has 0 aliphatic carbocycles. The van der Waals surface area contributed by atoms with Crippen LogP contribution in [-0.4, -0.2) is 66.6 Å². The zero-order chi connectivity index (χ0) is 24.8. The van der Waals surface area contributed by atoms with Crippen LogP contribution in [-0.2, 0) is 4.79 Å². The number of nitrogens with one attached hydrogen (secondary N) is 2. The Bertz CT molecular complexity index is 1130. The Hall–Kier alpha value is -3.48. The molecule has 1 aliphatic heterocycles. The maximum absolute atomic E-state index is 13.1. The molecule has 1 aromatic heterocycles. The zero-order valence-electron chi connectivity index (χ0n) is 20.9. The summed E-state index contributed by atoms with van der Waals surface area (Å²) in [5, 5.41) is 4.38. The summed E-state index contributed by atoms with van der Waals surface area (Å²) < 4.78 is 5.34. The second-order valence-electron chi connectivity index (χ2n) is 9.08. The normalized spacial score (nSPS) is 15.1. The van der Waals surface area contributed by atoms with Gasteiger partial charge in [0.25, 0.3) is 0 Å². The van der Waals surface area contributed by atoms with E-state index in [0.29, 0.717) is 45.6 Å². The number of aromatic nitrogens is 1. The number of methoxy groups -OCH3 is 1. The monoisotopic (exact) mass is 476 g/mol. The average molecular weight is 477 g/mol. The minimum absolute atomic E-state index is 0.00494. The molecule has 4 rings (SSSR count). The molecular formula is C28H36N4O3. The average Bonchev–Trinajstić information content (AvgIpc) is 3.34. The Balaban J connectivity index is 1.44. The van der Waals surface area contributed by atoms with Crippen LogP contribution in [0.2, 0.25) is 0 Å². The van der Waals surface area contributed by atoms with E-state index in [1.807, 2.05) is 54.1 Å². The van der Waals surface area contributed by atoms with Crippen LogP contribution in [0.15, 0.2) is 54.7 Å². The molecule has 186 valence electrons. The number of fused-ring (bicyclic) bond motifs is 1. The molecule has 0 unspecified atom stereocenters. The number of benzene rings is 2. The number of piperidine rings is 1. The highest BCUT2D eigenvalue weighted by atomic mass is 16.5. The predicted octanol–water partition coefficient (Wildman–Crippen LogP) is 4.60. The van der Waals surface area contributed by atoms with Gasteiger partial charge in [0.2, 0.25) is 5.91 Å². The Morgan fingerprint density at radius 1 is 1.09 bits per heavy atom. The van der Waals surface area contributed by atoms with E-state index in [9.17, 15) is 9.59 Å². The lowest BCUT2D eigenvalue weighted by molar-refractivity contribution is -0.126. The van der Waals surface area contributed by atoms with Crippen LogP contribution in [0, 0.1) is 5.92 Å². The van der Waals surface area contributed by atoms with E-state index in [4.69, 9.17) is 4.74 Å². The summed E-state index contributed by atoms with van der Waals surface area (Å²) in [6.07, 6.45) is 3.43. The maximum atomic E-state index is 13.1. The topological polar surface area (TPSA) is 77.7 Å². The van der Waals surface area contributed by atoms with Crippen LogP contribution in [0.1, 0.15) is 43.7 Å². The minimum Gasteiger partial charge on any atom is -0.497 e. The molecule has 3 amide bonds. The van der Waals surface area contributed by atoms with Gasteiger partial charge in [-0.15, -0.1) is 0 Å². The molecule has 7 nitrogen and oxygen atoms in total. The molecule has 0 spiro atoms. The lowest BCUT2D eigenvalue weighted by Gasteiger charge is -2.35. The zero-order valence-corrected chi connectivity index (χ0v) is 20.9. The van der Waals surface area contributed by atoms with Crippen molar-refractivity contribution in [1.29, 1.82) is 0 Å². The van der Waals surface area contributed by atoms with Crippen molar-refractivity contribution in [2.45, 2.75) is 32.6 Å². The van der Waals surface area contributed by atoms with Crippen molar-refractivity contribution in [3.63, 3.8) is 0 Å². The molecule has 35 heavy (non-hydrogen) atoms. The van der Waals surface area contributed by atoms with Gasteiger partial charge in [0.05, 0.1) is 7.11 Å². The fraction of sp³-hybridized carbons (Fsp3) is 0.429. The molecule has 0 bridgehead atoms. The van der Waals surface area contributed by atoms with E-state index in [1.54, 1.807) is 7.11 Å². The number of nitrogens with zero attached hydrogens (tertiary/aromatic N) is 2. The van der Waals surface area contributed by atoms with Crippen LogP contribution in [0.3, 0.4) is 0 Å². The second-order valence-corrected chi connectivity index (χ2v) is 9.08. The van der Waals surface area contributed by atoms with Gasteiger partial charge in [0.1, 0.15) is 5.75 Å². The van der Waals surface area contributed by atoms with Crippen LogP contribution in [0.4, 0.5) is 4.79 Å². The van der Waals surface area contributed by atoms with E-state index in [-0.39, 0.29) is 23.8 Å². The van der Waals surface area contributed by atoms with Gasteiger partial charge < -0.3 is 24.8 Å². The molecule has 2 N–H and O–H groups in total. The molecule has 3 aromatic rings. The summed E-state index contributed by atoms with van der Waals surface area (Å²) in [5.41, 5.74) is 3.36. The first-order chi connectivity index (χ1) is 17.0. The largest absolute Gasteiger partial charge is 0.497 e. The standard InChI is InChI=1S/C28H36N4O3/c1-4-31(5-2)28(34)32-16-14-21(15-17-32)27(33)30-18-24(20-10-12-22(35-3)13-11-20)25-19-29-26-9-7-6-8-23(25)26/h6-13,19,21,24,29H,4-5,14-18H2,1-3H3,(H,30,33)/t24-/m0/s1. The summed E-state index contributed by atoms with van der Waals surface area (Å²) in [5.74, 6) is 0.806. The first-order valence-electron chi connectivity index (χ1n) is 12.6. The number of aromatic amines is 1. The third-order valence-electron chi connectivity index (χ3n) is 7.17. The number of likely N-dealkylation sites (tertiary alicyclic amines) is 1. The van der Waals surface area contributed by atoms with Crippen molar-refractivity contribution in [2.75, 3.05) is 39.8 Å². The number of rotatable bonds is 8. The molecule has 0 saturated carbocycles. The maximum Gasteiger partial charge on any atom is 0.319 e. The van der Waals surface area contributed by atoms with Gasteiger partial charge in [-0.05, 0) is 56.0 Å². The summed E-state index contributed by atoms with van der Waals surface area (Å²) in [6.45, 7) is 7.15. The number of hydrogen-bond donors (Lipinski definition) is 2. The first-order valence-corrected chi connectivity index (χ1v) is 12.6. The number of para-hydroxylation sites is 1. The number of hydrogen-bond acceptors (Lipinski definition) is 3. The van der Waals surface area contributed by atoms with Crippen molar-refractivity contribution >= 4 is 22.8 Å². The van der Waals surface area contributed by atoms with Crippen LogP contribution in [0.25, 0.3) is 10.9 Å². The SMILES string of the molecule is CCN(CC)C(=O)N1CCC(C(=O)NC[C@@H](c2ccc(OC)cc2)c2c[nH]c3ccccc23)CC1. The number of carbonyl (C=O) groups is 2. The summed E-state index contributed by atoms with van der Waals surface area (Å²) in [7, 11) is 1.66. The van der Waals surface area contributed by atoms with E-state index in [2.05, 4.69) is 34.6 Å². The Morgan fingerprint density at radius 3 is 2.43 bits per heavy atom. The van der Waals surface area contributed by atoms with Crippen molar-refractivity contribution in [2.24, 2.45) is 5.92 Å². The van der Waals surface area contributed by atoms with Gasteiger partial charge in [-0.2, -0.15) is 0 Å². The summed E-state index contributed by atoms with van der Waals surface area (Å²) >= 11 is 0. The lowest BCUT2D eigenvalue weighted by atomic mass is 9.90. The summed E-state index contributed by atoms with van der Waals surface area (Å²) in [6, 6.07) is 16.4. The number of H-pyrrole nitrogens is 1. The highest BCUT2D eigenvalue weighted by molar-refractivity contribution is 5.84. The second kappa shape index (κ2) is 11.3. The molecule has 1 saturated heterocycles. The van der Waals surface area contributed by atoms with E-state index in [0.717, 1.165) is 27.8 Å². The van der Waals surface area contributed by atoms with Gasteiger partial charge in [-0.1, -0.05) is 30.3 Å². The number of ether oxygens (including phenoxy) is 1. The van der Waals surface area contributed by atoms with Crippen LogP contribution < -0.4 is 10.1 Å². The Kier molecular flexibility index (Phi) is 7.95. The molecule has 1 aliphatic rings. The van der Waals surface area contributed by atoms with Gasteiger partial charge >= 0.3 is 6.03 Å². The molecular weight excluding hydrogens is 440 g/mol. The quantitative estimate of drug-likeness (QED) is 0.499. The van der Waals surface area contributed by atoms with Crippen LogP contribution >= 0.6 is 0 Å². The minimum atomic E-state index is -0.0739. The van der Waals surface area contributed by atoms with E-state index < -0.39 is 0 Å². The fourth-order valence-electron chi connectivity index (χ4n) is 5.00.